The van der Waals surface area contributed by atoms with Crippen molar-refractivity contribution < 1.29 is 14.0 Å². The van der Waals surface area contributed by atoms with Crippen molar-refractivity contribution in [3.8, 4) is 0 Å². The van der Waals surface area contributed by atoms with E-state index in [1.807, 2.05) is 23.6 Å². The third-order valence-electron chi connectivity index (χ3n) is 4.21. The number of morpholine rings is 1. The van der Waals surface area contributed by atoms with Gasteiger partial charge in [0, 0.05) is 21.0 Å². The Morgan fingerprint density at radius 2 is 2.05 bits per heavy atom. The second-order valence-corrected chi connectivity index (χ2v) is 6.63. The Morgan fingerprint density at radius 3 is 2.85 bits per heavy atom. The Balaban J connectivity index is 1.70. The van der Waals surface area contributed by atoms with E-state index in [9.17, 15) is 4.79 Å². The van der Waals surface area contributed by atoms with Gasteiger partial charge in [0.15, 0.2) is 5.78 Å². The fourth-order valence-corrected chi connectivity index (χ4v) is 3.67. The summed E-state index contributed by atoms with van der Waals surface area (Å²) in [6.07, 6.45) is 0.622. The molecule has 0 unspecified atom stereocenters. The predicted octanol–water partition coefficient (Wildman–Crippen LogP) is 2.95. The van der Waals surface area contributed by atoms with E-state index >= 15 is 0 Å². The molecule has 4 heteroatoms. The van der Waals surface area contributed by atoms with E-state index in [1.54, 1.807) is 11.3 Å². The quantitative estimate of drug-likeness (QED) is 0.639. The van der Waals surface area contributed by atoms with Crippen molar-refractivity contribution in [2.24, 2.45) is 0 Å². The molecule has 1 aliphatic heterocycles. The number of Topliss-reactive ketones (excluding diaryl/α,β-unsaturated/α-hetero) is 1. The maximum Gasteiger partial charge on any atom is 0.169 e. The molecule has 106 valence electrons. The molecule has 0 amide bonds. The Hall–Kier alpha value is -1.23. The largest absolute Gasteiger partial charge is 0.370 e. The van der Waals surface area contributed by atoms with Gasteiger partial charge in [0.25, 0.3) is 0 Å². The van der Waals surface area contributed by atoms with Gasteiger partial charge in [-0.25, -0.2) is 0 Å². The molecule has 0 bridgehead atoms. The van der Waals surface area contributed by atoms with E-state index in [-0.39, 0.29) is 5.78 Å². The smallest absolute Gasteiger partial charge is 0.169 e. The van der Waals surface area contributed by atoms with Crippen molar-refractivity contribution >= 4 is 27.2 Å². The molecule has 1 fully saturated rings. The van der Waals surface area contributed by atoms with Gasteiger partial charge in [0.1, 0.15) is 13.1 Å². The fourth-order valence-electron chi connectivity index (χ4n) is 2.71. The molecule has 1 saturated heterocycles. The van der Waals surface area contributed by atoms with E-state index in [2.05, 4.69) is 13.1 Å². The van der Waals surface area contributed by atoms with Crippen LogP contribution in [0.5, 0.6) is 0 Å². The first kappa shape index (κ1) is 13.7. The molecule has 0 N–H and O–H groups in total. The van der Waals surface area contributed by atoms with Gasteiger partial charge in [-0.2, -0.15) is 0 Å². The molecule has 0 saturated carbocycles. The molecule has 0 radical (unpaired) electrons. The maximum atomic E-state index is 12.5. The van der Waals surface area contributed by atoms with Crippen LogP contribution in [0, 0.1) is 0 Å². The summed E-state index contributed by atoms with van der Waals surface area (Å²) < 4.78 is 7.55. The normalized spacial score (nSPS) is 18.2. The number of quaternary nitrogens is 1. The van der Waals surface area contributed by atoms with Crippen LogP contribution in [0.1, 0.15) is 16.8 Å². The molecular formula is C16H20NO2S+. The minimum Gasteiger partial charge on any atom is -0.370 e. The van der Waals surface area contributed by atoms with Crippen LogP contribution in [-0.2, 0) is 4.74 Å². The number of thiophene rings is 1. The summed E-state index contributed by atoms with van der Waals surface area (Å²) in [5, 5.41) is 3.11. The Bertz CT molecular complexity index is 614. The summed E-state index contributed by atoms with van der Waals surface area (Å²) in [6, 6.07) is 8.14. The zero-order valence-electron chi connectivity index (χ0n) is 11.8. The van der Waals surface area contributed by atoms with Gasteiger partial charge in [0.2, 0.25) is 0 Å². The number of carbonyl (C=O) groups is 1. The molecule has 1 aromatic carbocycles. The SMILES string of the molecule is C[N+]1(CCC(=O)c2csc3ccccc23)CCOCC1. The standard InChI is InChI=1S/C16H20NO2S/c1-17(8-10-19-11-9-17)7-6-15(18)14-12-20-16-5-3-2-4-13(14)16/h2-5,12H,6-11H2,1H3/q+1. The van der Waals surface area contributed by atoms with E-state index in [1.165, 1.54) is 4.70 Å². The number of ether oxygens (including phenoxy) is 1. The van der Waals surface area contributed by atoms with E-state index in [4.69, 9.17) is 4.74 Å². The Labute approximate surface area is 123 Å². The zero-order valence-corrected chi connectivity index (χ0v) is 12.6. The van der Waals surface area contributed by atoms with Crippen molar-refractivity contribution in [1.82, 2.24) is 0 Å². The van der Waals surface area contributed by atoms with Crippen LogP contribution in [0.2, 0.25) is 0 Å². The Kier molecular flexibility index (Phi) is 3.87. The monoisotopic (exact) mass is 290 g/mol. The first-order valence-corrected chi connectivity index (χ1v) is 7.97. The molecule has 0 atom stereocenters. The van der Waals surface area contributed by atoms with Gasteiger partial charge in [-0.15, -0.1) is 11.3 Å². The minimum absolute atomic E-state index is 0.272. The molecule has 1 aromatic heterocycles. The maximum absolute atomic E-state index is 12.5. The first-order chi connectivity index (χ1) is 9.68. The van der Waals surface area contributed by atoms with E-state index in [0.717, 1.165) is 48.3 Å². The second-order valence-electron chi connectivity index (χ2n) is 5.72. The van der Waals surface area contributed by atoms with Crippen LogP contribution in [-0.4, -0.2) is 50.2 Å². The van der Waals surface area contributed by atoms with Gasteiger partial charge >= 0.3 is 0 Å². The van der Waals surface area contributed by atoms with Crippen molar-refractivity contribution in [2.45, 2.75) is 6.42 Å². The van der Waals surface area contributed by atoms with Gasteiger partial charge in [-0.1, -0.05) is 18.2 Å². The lowest BCUT2D eigenvalue weighted by molar-refractivity contribution is -0.916. The van der Waals surface area contributed by atoms with E-state index < -0.39 is 0 Å². The molecular weight excluding hydrogens is 270 g/mol. The van der Waals surface area contributed by atoms with Crippen molar-refractivity contribution in [3.05, 3.63) is 35.2 Å². The lowest BCUT2D eigenvalue weighted by Crippen LogP contribution is -2.52. The lowest BCUT2D eigenvalue weighted by atomic mass is 10.1. The first-order valence-electron chi connectivity index (χ1n) is 7.09. The number of carbonyl (C=O) groups excluding carboxylic acids is 1. The summed E-state index contributed by atoms with van der Waals surface area (Å²) in [5.74, 6) is 0.272. The third kappa shape index (κ3) is 2.77. The van der Waals surface area contributed by atoms with Gasteiger partial charge in [-0.05, 0) is 6.07 Å². The van der Waals surface area contributed by atoms with Crippen LogP contribution >= 0.6 is 11.3 Å². The van der Waals surface area contributed by atoms with Gasteiger partial charge < -0.3 is 9.22 Å². The molecule has 3 nitrogen and oxygen atoms in total. The topological polar surface area (TPSA) is 26.3 Å². The van der Waals surface area contributed by atoms with Crippen LogP contribution in [0.25, 0.3) is 10.1 Å². The van der Waals surface area contributed by atoms with Crippen LogP contribution in [0.15, 0.2) is 29.6 Å². The molecule has 20 heavy (non-hydrogen) atoms. The summed E-state index contributed by atoms with van der Waals surface area (Å²) in [7, 11) is 2.22. The number of rotatable bonds is 4. The Morgan fingerprint density at radius 1 is 1.30 bits per heavy atom. The van der Waals surface area contributed by atoms with Crippen molar-refractivity contribution in [2.75, 3.05) is 39.9 Å². The number of benzene rings is 1. The van der Waals surface area contributed by atoms with Crippen molar-refractivity contribution in [3.63, 3.8) is 0 Å². The minimum atomic E-state index is 0.272. The number of fused-ring (bicyclic) bond motifs is 1. The van der Waals surface area contributed by atoms with Crippen molar-refractivity contribution in [1.29, 1.82) is 0 Å². The van der Waals surface area contributed by atoms with Gasteiger partial charge in [0.05, 0.1) is 33.2 Å². The lowest BCUT2D eigenvalue weighted by Gasteiger charge is -2.37. The molecule has 1 aliphatic rings. The van der Waals surface area contributed by atoms with Crippen LogP contribution in [0.4, 0.5) is 0 Å². The molecule has 0 aliphatic carbocycles. The third-order valence-corrected chi connectivity index (χ3v) is 5.17. The average molecular weight is 290 g/mol. The second kappa shape index (κ2) is 5.64. The number of nitrogens with zero attached hydrogens (tertiary/aromatic N) is 1. The zero-order chi connectivity index (χ0) is 14.0. The molecule has 2 heterocycles. The molecule has 3 rings (SSSR count). The molecule has 0 spiro atoms. The number of ketones is 1. The summed E-state index contributed by atoms with van der Waals surface area (Å²) in [6.45, 7) is 4.56. The number of likely N-dealkylation sites (N-methyl/N-ethyl adjacent to an activating group) is 1. The number of hydrogen-bond donors (Lipinski definition) is 0. The van der Waals surface area contributed by atoms with Crippen LogP contribution in [0.3, 0.4) is 0 Å². The number of hydrogen-bond acceptors (Lipinski definition) is 3. The highest BCUT2D eigenvalue weighted by Gasteiger charge is 2.26. The fraction of sp³-hybridized carbons (Fsp3) is 0.438. The van der Waals surface area contributed by atoms with E-state index in [0.29, 0.717) is 6.42 Å². The highest BCUT2D eigenvalue weighted by molar-refractivity contribution is 7.17. The highest BCUT2D eigenvalue weighted by Crippen LogP contribution is 2.26. The summed E-state index contributed by atoms with van der Waals surface area (Å²) in [5.41, 5.74) is 0.894. The predicted molar refractivity (Wildman–Crippen MR) is 82.4 cm³/mol. The average Bonchev–Trinajstić information content (AvgIpc) is 2.90. The molecule has 2 aromatic rings. The highest BCUT2D eigenvalue weighted by atomic mass is 32.1. The van der Waals surface area contributed by atoms with Crippen LogP contribution < -0.4 is 0 Å². The summed E-state index contributed by atoms with van der Waals surface area (Å²) >= 11 is 1.66. The van der Waals surface area contributed by atoms with Gasteiger partial charge in [-0.3, -0.25) is 4.79 Å². The summed E-state index contributed by atoms with van der Waals surface area (Å²) in [4.78, 5) is 12.5.